The van der Waals surface area contributed by atoms with Crippen LogP contribution >= 0.6 is 12.2 Å². The molecule has 0 radical (unpaired) electrons. The number of hydrogen-bond donors (Lipinski definition) is 2. The normalized spacial score (nSPS) is 29.8. The fourth-order valence-electron chi connectivity index (χ4n) is 3.45. The molecule has 104 valence electrons. The maximum atomic E-state index is 5.47. The van der Waals surface area contributed by atoms with Gasteiger partial charge in [-0.3, -0.25) is 0 Å². The molecule has 2 saturated carbocycles. The van der Waals surface area contributed by atoms with Gasteiger partial charge >= 0.3 is 0 Å². The molecule has 2 N–H and O–H groups in total. The van der Waals surface area contributed by atoms with Crippen LogP contribution in [-0.2, 0) is 0 Å². The first-order chi connectivity index (χ1) is 8.78. The van der Waals surface area contributed by atoms with Crippen LogP contribution in [0.15, 0.2) is 0 Å². The monoisotopic (exact) mass is 268 g/mol. The second-order valence-corrected chi connectivity index (χ2v) is 6.50. The van der Waals surface area contributed by atoms with Gasteiger partial charge in [0.05, 0.1) is 0 Å². The lowest BCUT2D eigenvalue weighted by molar-refractivity contribution is 0.298. The summed E-state index contributed by atoms with van der Waals surface area (Å²) in [4.78, 5) is 0. The van der Waals surface area contributed by atoms with Crippen molar-refractivity contribution in [3.63, 3.8) is 0 Å². The van der Waals surface area contributed by atoms with E-state index in [0.29, 0.717) is 12.1 Å². The molecule has 18 heavy (non-hydrogen) atoms. The highest BCUT2D eigenvalue weighted by atomic mass is 32.1. The molecule has 0 bridgehead atoms. The molecular weight excluding hydrogens is 240 g/mol. The maximum absolute atomic E-state index is 5.47. The molecule has 2 nitrogen and oxygen atoms in total. The molecule has 2 rings (SSSR count). The Labute approximate surface area is 117 Å². The first-order valence-electron chi connectivity index (χ1n) is 7.85. The topological polar surface area (TPSA) is 24.1 Å². The summed E-state index contributed by atoms with van der Waals surface area (Å²) in [6.07, 6.45) is 13.4. The van der Waals surface area contributed by atoms with Crippen molar-refractivity contribution >= 4 is 17.3 Å². The van der Waals surface area contributed by atoms with Gasteiger partial charge < -0.3 is 10.6 Å². The second-order valence-electron chi connectivity index (χ2n) is 6.09. The van der Waals surface area contributed by atoms with Crippen LogP contribution in [0.25, 0.3) is 0 Å². The molecule has 2 unspecified atom stereocenters. The summed E-state index contributed by atoms with van der Waals surface area (Å²) in [7, 11) is 0. The van der Waals surface area contributed by atoms with Crippen molar-refractivity contribution in [3.8, 4) is 0 Å². The molecule has 0 aromatic carbocycles. The highest BCUT2D eigenvalue weighted by Gasteiger charge is 2.22. The minimum absolute atomic E-state index is 0.618. The van der Waals surface area contributed by atoms with Crippen molar-refractivity contribution in [2.45, 2.75) is 83.2 Å². The third-order valence-corrected chi connectivity index (χ3v) is 4.87. The summed E-state index contributed by atoms with van der Waals surface area (Å²) < 4.78 is 0. The summed E-state index contributed by atoms with van der Waals surface area (Å²) in [6.45, 7) is 2.31. The second kappa shape index (κ2) is 7.32. The SMILES string of the molecule is CCC1CCCC(NC(=S)NC2CCCCC2)C1. The fraction of sp³-hybridized carbons (Fsp3) is 0.933. The quantitative estimate of drug-likeness (QED) is 0.762. The Kier molecular flexibility index (Phi) is 5.74. The van der Waals surface area contributed by atoms with Crippen molar-refractivity contribution in [3.05, 3.63) is 0 Å². The Balaban J connectivity index is 1.69. The summed E-state index contributed by atoms with van der Waals surface area (Å²) in [5, 5.41) is 7.98. The van der Waals surface area contributed by atoms with E-state index in [-0.39, 0.29) is 0 Å². The zero-order valence-corrected chi connectivity index (χ0v) is 12.5. The minimum atomic E-state index is 0.618. The van der Waals surface area contributed by atoms with Crippen molar-refractivity contribution in [2.75, 3.05) is 0 Å². The average Bonchev–Trinajstić information content (AvgIpc) is 2.40. The van der Waals surface area contributed by atoms with Crippen LogP contribution in [0, 0.1) is 5.92 Å². The number of nitrogens with one attached hydrogen (secondary N) is 2. The lowest BCUT2D eigenvalue weighted by Crippen LogP contribution is -2.47. The van der Waals surface area contributed by atoms with Crippen LogP contribution in [-0.4, -0.2) is 17.2 Å². The predicted octanol–water partition coefficient (Wildman–Crippen LogP) is 3.75. The smallest absolute Gasteiger partial charge is 0.166 e. The molecule has 0 heterocycles. The van der Waals surface area contributed by atoms with Gasteiger partial charge in [0, 0.05) is 12.1 Å². The van der Waals surface area contributed by atoms with Crippen LogP contribution in [0.2, 0.25) is 0 Å². The van der Waals surface area contributed by atoms with Gasteiger partial charge in [-0.15, -0.1) is 0 Å². The van der Waals surface area contributed by atoms with E-state index in [4.69, 9.17) is 12.2 Å². The van der Waals surface area contributed by atoms with Crippen molar-refractivity contribution < 1.29 is 0 Å². The minimum Gasteiger partial charge on any atom is -0.360 e. The zero-order valence-electron chi connectivity index (χ0n) is 11.7. The Morgan fingerprint density at radius 2 is 1.61 bits per heavy atom. The van der Waals surface area contributed by atoms with E-state index >= 15 is 0 Å². The van der Waals surface area contributed by atoms with E-state index in [1.165, 1.54) is 64.2 Å². The average molecular weight is 268 g/mol. The van der Waals surface area contributed by atoms with Crippen LogP contribution in [0.3, 0.4) is 0 Å². The van der Waals surface area contributed by atoms with E-state index < -0.39 is 0 Å². The Morgan fingerprint density at radius 3 is 2.33 bits per heavy atom. The van der Waals surface area contributed by atoms with Crippen LogP contribution in [0.5, 0.6) is 0 Å². The Hall–Kier alpha value is -0.310. The van der Waals surface area contributed by atoms with Gasteiger partial charge in [-0.05, 0) is 43.8 Å². The highest BCUT2D eigenvalue weighted by molar-refractivity contribution is 7.80. The van der Waals surface area contributed by atoms with Crippen molar-refractivity contribution in [2.24, 2.45) is 5.92 Å². The standard InChI is InChI=1S/C15H28N2S/c1-2-12-7-6-10-14(11-12)17-15(18)16-13-8-4-3-5-9-13/h12-14H,2-11H2,1H3,(H2,16,17,18). The van der Waals surface area contributed by atoms with E-state index in [2.05, 4.69) is 17.6 Å². The lowest BCUT2D eigenvalue weighted by atomic mass is 9.84. The van der Waals surface area contributed by atoms with Crippen LogP contribution in [0.1, 0.15) is 71.1 Å². The molecule has 2 fully saturated rings. The number of thiocarbonyl (C=S) groups is 1. The Morgan fingerprint density at radius 1 is 0.944 bits per heavy atom. The zero-order chi connectivity index (χ0) is 12.8. The molecule has 0 saturated heterocycles. The third kappa shape index (κ3) is 4.42. The van der Waals surface area contributed by atoms with Crippen LogP contribution < -0.4 is 10.6 Å². The van der Waals surface area contributed by atoms with E-state index in [9.17, 15) is 0 Å². The molecule has 0 aromatic rings. The highest BCUT2D eigenvalue weighted by Crippen LogP contribution is 2.26. The van der Waals surface area contributed by atoms with Gasteiger partial charge in [0.25, 0.3) is 0 Å². The maximum Gasteiger partial charge on any atom is 0.166 e. The van der Waals surface area contributed by atoms with E-state index in [1.807, 2.05) is 0 Å². The van der Waals surface area contributed by atoms with Gasteiger partial charge in [-0.1, -0.05) is 45.4 Å². The number of hydrogen-bond acceptors (Lipinski definition) is 1. The molecule has 2 atom stereocenters. The molecule has 0 aliphatic heterocycles. The molecular formula is C15H28N2S. The first kappa shape index (κ1) is 14.1. The van der Waals surface area contributed by atoms with Crippen LogP contribution in [0.4, 0.5) is 0 Å². The molecule has 2 aliphatic rings. The third-order valence-electron chi connectivity index (χ3n) is 4.64. The molecule has 3 heteroatoms. The van der Waals surface area contributed by atoms with E-state index in [1.54, 1.807) is 0 Å². The summed E-state index contributed by atoms with van der Waals surface area (Å²) in [5.74, 6) is 0.911. The van der Waals surface area contributed by atoms with E-state index in [0.717, 1.165) is 11.0 Å². The summed E-state index contributed by atoms with van der Waals surface area (Å²) >= 11 is 5.47. The number of rotatable bonds is 3. The molecule has 0 amide bonds. The van der Waals surface area contributed by atoms with Crippen molar-refractivity contribution in [1.29, 1.82) is 0 Å². The first-order valence-corrected chi connectivity index (χ1v) is 8.25. The lowest BCUT2D eigenvalue weighted by Gasteiger charge is -2.31. The predicted molar refractivity (Wildman–Crippen MR) is 81.8 cm³/mol. The largest absolute Gasteiger partial charge is 0.360 e. The van der Waals surface area contributed by atoms with Gasteiger partial charge in [0.1, 0.15) is 0 Å². The Bertz CT molecular complexity index is 261. The fourth-order valence-corrected chi connectivity index (χ4v) is 3.79. The van der Waals surface area contributed by atoms with Gasteiger partial charge in [0.15, 0.2) is 5.11 Å². The van der Waals surface area contributed by atoms with Gasteiger partial charge in [-0.2, -0.15) is 0 Å². The summed E-state index contributed by atoms with van der Waals surface area (Å²) in [6, 6.07) is 1.25. The van der Waals surface area contributed by atoms with Crippen molar-refractivity contribution in [1.82, 2.24) is 10.6 Å². The molecule has 2 aliphatic carbocycles. The summed E-state index contributed by atoms with van der Waals surface area (Å²) in [5.41, 5.74) is 0. The van der Waals surface area contributed by atoms with Gasteiger partial charge in [0.2, 0.25) is 0 Å². The molecule has 0 spiro atoms. The van der Waals surface area contributed by atoms with Gasteiger partial charge in [-0.25, -0.2) is 0 Å². The molecule has 0 aromatic heterocycles.